The average Bonchev–Trinajstić information content (AvgIpc) is 2.74. The molecule has 0 spiro atoms. The zero-order valence-corrected chi connectivity index (χ0v) is 11.7. The second kappa shape index (κ2) is 4.25. The molecular weight excluding hydrogens is 274 g/mol. The highest BCUT2D eigenvalue weighted by Gasteiger charge is 2.44. The van der Waals surface area contributed by atoms with Crippen LogP contribution < -0.4 is 5.32 Å². The van der Waals surface area contributed by atoms with Gasteiger partial charge in [-0.2, -0.15) is 4.31 Å². The van der Waals surface area contributed by atoms with Gasteiger partial charge >= 0.3 is 0 Å². The third-order valence-electron chi connectivity index (χ3n) is 4.27. The van der Waals surface area contributed by atoms with E-state index in [0.29, 0.717) is 30.4 Å². The molecular formula is C14H15N3O2S. The second-order valence-electron chi connectivity index (χ2n) is 5.43. The third kappa shape index (κ3) is 1.69. The molecule has 0 amide bonds. The predicted molar refractivity (Wildman–Crippen MR) is 75.8 cm³/mol. The summed E-state index contributed by atoms with van der Waals surface area (Å²) in [5.74, 6) is 0.458. The van der Waals surface area contributed by atoms with Gasteiger partial charge in [-0.15, -0.1) is 0 Å². The third-order valence-corrected chi connectivity index (χ3v) is 6.06. The number of rotatable bonds is 2. The summed E-state index contributed by atoms with van der Waals surface area (Å²) in [6.45, 7) is 2.07. The molecule has 1 aromatic heterocycles. The van der Waals surface area contributed by atoms with Gasteiger partial charge in [0, 0.05) is 43.2 Å². The van der Waals surface area contributed by atoms with E-state index in [1.165, 1.54) is 0 Å². The number of nitrogens with zero attached hydrogens (tertiary/aromatic N) is 2. The number of sulfonamides is 1. The Morgan fingerprint density at radius 1 is 1.20 bits per heavy atom. The molecule has 6 heteroatoms. The van der Waals surface area contributed by atoms with Crippen LogP contribution in [0.5, 0.6) is 0 Å². The SMILES string of the molecule is O=S(=O)(c1nccc2ccccc12)N1CC2CNC2C1. The first-order valence-electron chi connectivity index (χ1n) is 6.73. The second-order valence-corrected chi connectivity index (χ2v) is 7.29. The van der Waals surface area contributed by atoms with Crippen molar-refractivity contribution in [1.29, 1.82) is 0 Å². The zero-order chi connectivity index (χ0) is 13.7. The van der Waals surface area contributed by atoms with E-state index in [9.17, 15) is 8.42 Å². The lowest BCUT2D eigenvalue weighted by Gasteiger charge is -2.30. The van der Waals surface area contributed by atoms with Gasteiger partial charge < -0.3 is 5.32 Å². The smallest absolute Gasteiger partial charge is 0.261 e. The molecule has 2 aliphatic rings. The Labute approximate surface area is 117 Å². The van der Waals surface area contributed by atoms with Gasteiger partial charge in [-0.05, 0) is 11.5 Å². The van der Waals surface area contributed by atoms with Gasteiger partial charge in [0.15, 0.2) is 5.03 Å². The molecule has 1 N–H and O–H groups in total. The molecule has 2 aliphatic heterocycles. The Kier molecular flexibility index (Phi) is 2.60. The zero-order valence-electron chi connectivity index (χ0n) is 10.9. The fourth-order valence-corrected chi connectivity index (χ4v) is 4.68. The van der Waals surface area contributed by atoms with Crippen molar-refractivity contribution in [2.45, 2.75) is 11.1 Å². The van der Waals surface area contributed by atoms with Gasteiger partial charge in [0.25, 0.3) is 10.0 Å². The molecule has 3 heterocycles. The maximum atomic E-state index is 12.8. The highest BCUT2D eigenvalue weighted by atomic mass is 32.2. The van der Waals surface area contributed by atoms with Crippen molar-refractivity contribution in [3.8, 4) is 0 Å². The van der Waals surface area contributed by atoms with Crippen molar-refractivity contribution in [2.24, 2.45) is 5.92 Å². The van der Waals surface area contributed by atoms with E-state index >= 15 is 0 Å². The Hall–Kier alpha value is -1.50. The molecule has 0 saturated carbocycles. The van der Waals surface area contributed by atoms with Gasteiger partial charge in [0.2, 0.25) is 0 Å². The fraction of sp³-hybridized carbons (Fsp3) is 0.357. The molecule has 0 aliphatic carbocycles. The van der Waals surface area contributed by atoms with E-state index in [1.54, 1.807) is 10.5 Å². The van der Waals surface area contributed by atoms with Gasteiger partial charge in [0.1, 0.15) is 0 Å². The first-order chi connectivity index (χ1) is 9.66. The molecule has 0 bridgehead atoms. The standard InChI is InChI=1S/C14H15N3O2S/c18-20(19,17-8-11-7-16-13(11)9-17)14-12-4-2-1-3-10(12)5-6-15-14/h1-6,11,13,16H,7-9H2. The Morgan fingerprint density at radius 2 is 2.05 bits per heavy atom. The Morgan fingerprint density at radius 3 is 2.75 bits per heavy atom. The van der Waals surface area contributed by atoms with E-state index in [1.807, 2.05) is 30.3 Å². The first kappa shape index (κ1) is 12.3. The van der Waals surface area contributed by atoms with E-state index in [-0.39, 0.29) is 5.03 Å². The summed E-state index contributed by atoms with van der Waals surface area (Å²) >= 11 is 0. The van der Waals surface area contributed by atoms with Crippen LogP contribution in [0.1, 0.15) is 0 Å². The van der Waals surface area contributed by atoms with Crippen LogP contribution in [0.2, 0.25) is 0 Å². The number of hydrogen-bond acceptors (Lipinski definition) is 4. The largest absolute Gasteiger partial charge is 0.312 e. The first-order valence-corrected chi connectivity index (χ1v) is 8.17. The molecule has 2 fully saturated rings. The van der Waals surface area contributed by atoms with Crippen molar-refractivity contribution < 1.29 is 8.42 Å². The molecule has 0 radical (unpaired) electrons. The number of pyridine rings is 1. The van der Waals surface area contributed by atoms with Crippen LogP contribution in [0, 0.1) is 5.92 Å². The van der Waals surface area contributed by atoms with Crippen LogP contribution in [0.3, 0.4) is 0 Å². The van der Waals surface area contributed by atoms with E-state index in [4.69, 9.17) is 0 Å². The van der Waals surface area contributed by atoms with Crippen LogP contribution in [0.4, 0.5) is 0 Å². The molecule has 5 nitrogen and oxygen atoms in total. The minimum absolute atomic E-state index is 0.178. The lowest BCUT2D eigenvalue weighted by molar-refractivity contribution is 0.297. The average molecular weight is 289 g/mol. The highest BCUT2D eigenvalue weighted by Crippen LogP contribution is 2.30. The number of fused-ring (bicyclic) bond motifs is 2. The van der Waals surface area contributed by atoms with E-state index in [0.717, 1.165) is 11.9 Å². The topological polar surface area (TPSA) is 62.3 Å². The predicted octanol–water partition coefficient (Wildman–Crippen LogP) is 0.827. The molecule has 104 valence electrons. The summed E-state index contributed by atoms with van der Waals surface area (Å²) in [7, 11) is -3.51. The normalized spacial score (nSPS) is 26.4. The number of hydrogen-bond donors (Lipinski definition) is 1. The number of aromatic nitrogens is 1. The summed E-state index contributed by atoms with van der Waals surface area (Å²) in [5.41, 5.74) is 0. The van der Waals surface area contributed by atoms with Gasteiger partial charge in [-0.25, -0.2) is 13.4 Å². The minimum atomic E-state index is -3.51. The van der Waals surface area contributed by atoms with Crippen LogP contribution in [-0.2, 0) is 10.0 Å². The molecule has 1 aromatic carbocycles. The molecule has 2 saturated heterocycles. The lowest BCUT2D eigenvalue weighted by Crippen LogP contribution is -2.51. The summed E-state index contributed by atoms with van der Waals surface area (Å²) in [6.07, 6.45) is 1.57. The Bertz CT molecular complexity index is 758. The van der Waals surface area contributed by atoms with Crippen LogP contribution in [-0.4, -0.2) is 43.4 Å². The molecule has 2 atom stereocenters. The van der Waals surface area contributed by atoms with Gasteiger partial charge in [0.05, 0.1) is 0 Å². The van der Waals surface area contributed by atoms with Gasteiger partial charge in [-0.1, -0.05) is 24.3 Å². The van der Waals surface area contributed by atoms with Crippen molar-refractivity contribution in [3.05, 3.63) is 36.5 Å². The van der Waals surface area contributed by atoms with Crippen molar-refractivity contribution in [1.82, 2.24) is 14.6 Å². The summed E-state index contributed by atoms with van der Waals surface area (Å²) in [6, 6.07) is 9.63. The molecule has 2 unspecified atom stereocenters. The van der Waals surface area contributed by atoms with E-state index < -0.39 is 10.0 Å². The summed E-state index contributed by atoms with van der Waals surface area (Å²) < 4.78 is 27.2. The van der Waals surface area contributed by atoms with E-state index in [2.05, 4.69) is 10.3 Å². The molecule has 2 aromatic rings. The lowest BCUT2D eigenvalue weighted by atomic mass is 9.96. The van der Waals surface area contributed by atoms with Crippen LogP contribution >= 0.6 is 0 Å². The summed E-state index contributed by atoms with van der Waals surface area (Å²) in [5, 5.41) is 5.05. The van der Waals surface area contributed by atoms with Crippen LogP contribution in [0.15, 0.2) is 41.6 Å². The van der Waals surface area contributed by atoms with Gasteiger partial charge in [-0.3, -0.25) is 0 Å². The van der Waals surface area contributed by atoms with Crippen molar-refractivity contribution in [3.63, 3.8) is 0 Å². The number of benzene rings is 1. The number of nitrogens with one attached hydrogen (secondary N) is 1. The quantitative estimate of drug-likeness (QED) is 0.889. The molecule has 4 rings (SSSR count). The molecule has 20 heavy (non-hydrogen) atoms. The van der Waals surface area contributed by atoms with Crippen molar-refractivity contribution in [2.75, 3.05) is 19.6 Å². The van der Waals surface area contributed by atoms with Crippen molar-refractivity contribution >= 4 is 20.8 Å². The maximum Gasteiger partial charge on any atom is 0.261 e. The highest BCUT2D eigenvalue weighted by molar-refractivity contribution is 7.89. The Balaban J connectivity index is 1.81. The fourth-order valence-electron chi connectivity index (χ4n) is 3.03. The maximum absolute atomic E-state index is 12.8. The summed E-state index contributed by atoms with van der Waals surface area (Å²) in [4.78, 5) is 4.14. The minimum Gasteiger partial charge on any atom is -0.312 e. The van der Waals surface area contributed by atoms with Crippen LogP contribution in [0.25, 0.3) is 10.8 Å². The monoisotopic (exact) mass is 289 g/mol.